The van der Waals surface area contributed by atoms with Gasteiger partial charge in [0.25, 0.3) is 0 Å². The van der Waals surface area contributed by atoms with Crippen molar-refractivity contribution in [3.8, 4) is 16.9 Å². The molecule has 0 aliphatic heterocycles. The summed E-state index contributed by atoms with van der Waals surface area (Å²) < 4.78 is 12.0. The number of carbonyl (C=O) groups is 2. The molecule has 3 aromatic rings. The molecule has 0 saturated carbocycles. The molecule has 1 aromatic carbocycles. The summed E-state index contributed by atoms with van der Waals surface area (Å²) in [7, 11) is 2.90. The van der Waals surface area contributed by atoms with Crippen LogP contribution < -0.4 is 10.1 Å². The third-order valence-corrected chi connectivity index (χ3v) is 6.24. The topological polar surface area (TPSA) is 95.3 Å². The zero-order chi connectivity index (χ0) is 22.4. The number of ether oxygens (including phenoxy) is 2. The van der Waals surface area contributed by atoms with Gasteiger partial charge >= 0.3 is 5.97 Å². The zero-order valence-corrected chi connectivity index (χ0v) is 19.0. The van der Waals surface area contributed by atoms with E-state index in [0.29, 0.717) is 33.6 Å². The minimum atomic E-state index is -0.517. The van der Waals surface area contributed by atoms with Crippen molar-refractivity contribution in [2.24, 2.45) is 0 Å². The molecule has 0 spiro atoms. The second-order valence-electron chi connectivity index (χ2n) is 6.34. The Kier molecular flexibility index (Phi) is 7.48. The maximum Gasteiger partial charge on any atom is 0.341 e. The molecule has 31 heavy (non-hydrogen) atoms. The maximum absolute atomic E-state index is 12.6. The summed E-state index contributed by atoms with van der Waals surface area (Å²) in [5, 5.41) is 13.8. The van der Waals surface area contributed by atoms with Crippen LogP contribution in [-0.2, 0) is 16.1 Å². The van der Waals surface area contributed by atoms with E-state index < -0.39 is 5.97 Å². The predicted octanol–water partition coefficient (Wildman–Crippen LogP) is 4.03. The molecule has 1 amide bonds. The van der Waals surface area contributed by atoms with Gasteiger partial charge in [0, 0.05) is 17.5 Å². The fourth-order valence-electron chi connectivity index (χ4n) is 2.84. The minimum Gasteiger partial charge on any atom is -0.497 e. The normalized spacial score (nSPS) is 10.5. The van der Waals surface area contributed by atoms with Gasteiger partial charge in [-0.3, -0.25) is 4.79 Å². The van der Waals surface area contributed by atoms with Gasteiger partial charge in [-0.25, -0.2) is 4.79 Å². The minimum absolute atomic E-state index is 0.117. The van der Waals surface area contributed by atoms with Crippen molar-refractivity contribution in [2.45, 2.75) is 18.6 Å². The average molecular weight is 459 g/mol. The van der Waals surface area contributed by atoms with Crippen molar-refractivity contribution in [2.75, 3.05) is 25.3 Å². The monoisotopic (exact) mass is 458 g/mol. The predicted molar refractivity (Wildman–Crippen MR) is 122 cm³/mol. The van der Waals surface area contributed by atoms with Crippen LogP contribution in [0.4, 0.5) is 5.00 Å². The Labute approximate surface area is 188 Å². The summed E-state index contributed by atoms with van der Waals surface area (Å²) in [6, 6.07) is 7.32. The zero-order valence-electron chi connectivity index (χ0n) is 17.4. The van der Waals surface area contributed by atoms with Crippen LogP contribution in [0.15, 0.2) is 47.5 Å². The van der Waals surface area contributed by atoms with Gasteiger partial charge in [0.05, 0.1) is 20.0 Å². The number of aromatic nitrogens is 3. The number of esters is 1. The lowest BCUT2D eigenvalue weighted by atomic mass is 10.0. The Hall–Kier alpha value is -3.11. The number of amides is 1. The summed E-state index contributed by atoms with van der Waals surface area (Å²) in [5.41, 5.74) is 1.82. The second-order valence-corrected chi connectivity index (χ2v) is 8.16. The van der Waals surface area contributed by atoms with E-state index in [1.807, 2.05) is 41.1 Å². The van der Waals surface area contributed by atoms with Crippen molar-refractivity contribution >= 4 is 40.0 Å². The summed E-state index contributed by atoms with van der Waals surface area (Å²) in [6.07, 6.45) is 1.75. The first kappa shape index (κ1) is 22.6. The van der Waals surface area contributed by atoms with E-state index >= 15 is 0 Å². The molecule has 0 atom stereocenters. The third-order valence-electron chi connectivity index (χ3n) is 4.38. The molecule has 2 aromatic heterocycles. The van der Waals surface area contributed by atoms with Crippen LogP contribution >= 0.6 is 23.1 Å². The Morgan fingerprint density at radius 1 is 1.26 bits per heavy atom. The average Bonchev–Trinajstić information content (AvgIpc) is 3.35. The number of nitrogens with zero attached hydrogens (tertiary/aromatic N) is 3. The fourth-order valence-corrected chi connectivity index (χ4v) is 4.61. The van der Waals surface area contributed by atoms with Gasteiger partial charge in [-0.2, -0.15) is 0 Å². The molecule has 0 fully saturated rings. The molecule has 3 rings (SSSR count). The number of anilines is 1. The van der Waals surface area contributed by atoms with Gasteiger partial charge in [-0.15, -0.1) is 28.1 Å². The largest absolute Gasteiger partial charge is 0.497 e. The first-order valence-electron chi connectivity index (χ1n) is 9.26. The Bertz CT molecular complexity index is 1090. The van der Waals surface area contributed by atoms with Crippen LogP contribution in [0.3, 0.4) is 0 Å². The van der Waals surface area contributed by atoms with Crippen molar-refractivity contribution in [1.82, 2.24) is 14.8 Å². The molecule has 162 valence electrons. The lowest BCUT2D eigenvalue weighted by Crippen LogP contribution is -2.16. The molecule has 1 N–H and O–H groups in total. The van der Waals surface area contributed by atoms with E-state index in [1.54, 1.807) is 13.2 Å². The molecule has 0 unspecified atom stereocenters. The number of hydrogen-bond acceptors (Lipinski definition) is 8. The molecule has 10 heteroatoms. The standard InChI is InChI=1S/C21H22N4O4S2/c1-5-10-25-13(2)23-24-21(25)31-12-17(26)22-19-18(20(27)29-4)16(11-30-19)14-6-8-15(28-3)9-7-14/h5-9,11H,1,10,12H2,2-4H3,(H,22,26). The van der Waals surface area contributed by atoms with Gasteiger partial charge in [0.15, 0.2) is 5.16 Å². The van der Waals surface area contributed by atoms with E-state index in [-0.39, 0.29) is 11.7 Å². The van der Waals surface area contributed by atoms with Crippen LogP contribution in [0.5, 0.6) is 5.75 Å². The lowest BCUT2D eigenvalue weighted by molar-refractivity contribution is -0.113. The number of allylic oxidation sites excluding steroid dienone is 1. The molecule has 2 heterocycles. The van der Waals surface area contributed by atoms with Gasteiger partial charge in [-0.1, -0.05) is 30.0 Å². The Morgan fingerprint density at radius 3 is 2.65 bits per heavy atom. The van der Waals surface area contributed by atoms with Gasteiger partial charge in [0.1, 0.15) is 22.1 Å². The van der Waals surface area contributed by atoms with E-state index in [4.69, 9.17) is 9.47 Å². The van der Waals surface area contributed by atoms with Crippen LogP contribution in [-0.4, -0.2) is 46.6 Å². The first-order valence-corrected chi connectivity index (χ1v) is 11.1. The molecule has 8 nitrogen and oxygen atoms in total. The highest BCUT2D eigenvalue weighted by molar-refractivity contribution is 7.99. The molecule has 0 saturated heterocycles. The first-order chi connectivity index (χ1) is 15.0. The number of hydrogen-bond donors (Lipinski definition) is 1. The lowest BCUT2D eigenvalue weighted by Gasteiger charge is -2.09. The highest BCUT2D eigenvalue weighted by Gasteiger charge is 2.22. The molecule has 0 bridgehead atoms. The molecule has 0 aliphatic rings. The number of thiophene rings is 1. The molecular formula is C21H22N4O4S2. The SMILES string of the molecule is C=CCn1c(C)nnc1SCC(=O)Nc1scc(-c2ccc(OC)cc2)c1C(=O)OC. The number of benzene rings is 1. The maximum atomic E-state index is 12.6. The number of carbonyl (C=O) groups excluding carboxylic acids is 2. The van der Waals surface area contributed by atoms with E-state index in [2.05, 4.69) is 22.1 Å². The smallest absolute Gasteiger partial charge is 0.341 e. The van der Waals surface area contributed by atoms with Crippen LogP contribution in [0, 0.1) is 6.92 Å². The molecule has 0 radical (unpaired) electrons. The number of methoxy groups -OCH3 is 2. The summed E-state index contributed by atoms with van der Waals surface area (Å²) in [6.45, 7) is 6.13. The third kappa shape index (κ3) is 5.15. The highest BCUT2D eigenvalue weighted by Crippen LogP contribution is 2.37. The Morgan fingerprint density at radius 2 is 2.00 bits per heavy atom. The van der Waals surface area contributed by atoms with Crippen LogP contribution in [0.1, 0.15) is 16.2 Å². The van der Waals surface area contributed by atoms with Gasteiger partial charge < -0.3 is 19.4 Å². The highest BCUT2D eigenvalue weighted by atomic mass is 32.2. The number of rotatable bonds is 9. The van der Waals surface area contributed by atoms with Crippen LogP contribution in [0.25, 0.3) is 11.1 Å². The molecular weight excluding hydrogens is 436 g/mol. The summed E-state index contributed by atoms with van der Waals surface area (Å²) >= 11 is 2.54. The van der Waals surface area contributed by atoms with Gasteiger partial charge in [0.2, 0.25) is 5.91 Å². The Balaban J connectivity index is 1.77. The van der Waals surface area contributed by atoms with E-state index in [1.165, 1.54) is 30.2 Å². The van der Waals surface area contributed by atoms with Crippen molar-refractivity contribution in [1.29, 1.82) is 0 Å². The van der Waals surface area contributed by atoms with Crippen molar-refractivity contribution in [3.63, 3.8) is 0 Å². The number of aryl methyl sites for hydroxylation is 1. The number of thioether (sulfide) groups is 1. The summed E-state index contributed by atoms with van der Waals surface area (Å²) in [4.78, 5) is 25.0. The molecule has 0 aliphatic carbocycles. The van der Waals surface area contributed by atoms with Crippen molar-refractivity contribution in [3.05, 3.63) is 53.7 Å². The quantitative estimate of drug-likeness (QED) is 0.294. The van der Waals surface area contributed by atoms with Gasteiger partial charge in [-0.05, 0) is 24.6 Å². The summed E-state index contributed by atoms with van der Waals surface area (Å²) in [5.74, 6) is 0.799. The van der Waals surface area contributed by atoms with E-state index in [9.17, 15) is 9.59 Å². The second kappa shape index (κ2) is 10.3. The van der Waals surface area contributed by atoms with E-state index in [0.717, 1.165) is 11.4 Å². The fraction of sp³-hybridized carbons (Fsp3) is 0.238. The van der Waals surface area contributed by atoms with Crippen LogP contribution in [0.2, 0.25) is 0 Å². The van der Waals surface area contributed by atoms with Crippen molar-refractivity contribution < 1.29 is 19.1 Å². The number of nitrogens with one attached hydrogen (secondary N) is 1.